The molecule has 0 aliphatic heterocycles. The van der Waals surface area contributed by atoms with Gasteiger partial charge < -0.3 is 15.5 Å². The van der Waals surface area contributed by atoms with Crippen molar-refractivity contribution in [3.63, 3.8) is 0 Å². The average molecular weight is 400 g/mol. The van der Waals surface area contributed by atoms with Gasteiger partial charge in [-0.1, -0.05) is 37.3 Å². The summed E-state index contributed by atoms with van der Waals surface area (Å²) < 4.78 is 0. The van der Waals surface area contributed by atoms with Crippen LogP contribution in [0.15, 0.2) is 30.5 Å². The SMILES string of the molecule is CC(C)C[C@H](NC(=O)c1cccc(-c2cnc(N(C)C)s2)c1)C(=O)NCC#N. The molecule has 0 bridgehead atoms. The molecule has 1 heterocycles. The molecular weight excluding hydrogens is 374 g/mol. The molecular formula is C20H25N5O2S. The summed E-state index contributed by atoms with van der Waals surface area (Å²) in [5.74, 6) is -0.457. The minimum atomic E-state index is -0.687. The molecule has 0 unspecified atom stereocenters. The van der Waals surface area contributed by atoms with E-state index in [1.165, 1.54) is 11.3 Å². The van der Waals surface area contributed by atoms with Crippen LogP contribution in [0, 0.1) is 17.2 Å². The zero-order chi connectivity index (χ0) is 20.7. The zero-order valence-corrected chi connectivity index (χ0v) is 17.3. The molecule has 148 valence electrons. The van der Waals surface area contributed by atoms with E-state index in [2.05, 4.69) is 15.6 Å². The largest absolute Gasteiger partial charge is 0.354 e. The Bertz CT molecular complexity index is 869. The van der Waals surface area contributed by atoms with Crippen LogP contribution < -0.4 is 15.5 Å². The third kappa shape index (κ3) is 5.79. The van der Waals surface area contributed by atoms with E-state index in [1.807, 2.05) is 51.0 Å². The summed E-state index contributed by atoms with van der Waals surface area (Å²) in [6.07, 6.45) is 2.28. The Morgan fingerprint density at radius 2 is 2.07 bits per heavy atom. The smallest absolute Gasteiger partial charge is 0.251 e. The van der Waals surface area contributed by atoms with Gasteiger partial charge in [-0.2, -0.15) is 5.26 Å². The van der Waals surface area contributed by atoms with Crippen LogP contribution in [0.4, 0.5) is 5.13 Å². The number of benzene rings is 1. The molecule has 1 aromatic carbocycles. The molecule has 0 spiro atoms. The lowest BCUT2D eigenvalue weighted by molar-refractivity contribution is -0.123. The fourth-order valence-corrected chi connectivity index (χ4v) is 3.45. The van der Waals surface area contributed by atoms with E-state index < -0.39 is 6.04 Å². The highest BCUT2D eigenvalue weighted by atomic mass is 32.1. The van der Waals surface area contributed by atoms with Crippen LogP contribution in [0.2, 0.25) is 0 Å². The van der Waals surface area contributed by atoms with Crippen LogP contribution in [0.25, 0.3) is 10.4 Å². The first-order chi connectivity index (χ1) is 13.3. The molecule has 0 aliphatic carbocycles. The quantitative estimate of drug-likeness (QED) is 0.665. The number of nitriles is 1. The highest BCUT2D eigenvalue weighted by Crippen LogP contribution is 2.30. The van der Waals surface area contributed by atoms with Crippen molar-refractivity contribution in [2.75, 3.05) is 25.5 Å². The summed E-state index contributed by atoms with van der Waals surface area (Å²) in [6, 6.07) is 8.43. The maximum Gasteiger partial charge on any atom is 0.251 e. The van der Waals surface area contributed by atoms with Gasteiger partial charge >= 0.3 is 0 Å². The summed E-state index contributed by atoms with van der Waals surface area (Å²) in [4.78, 5) is 32.3. The van der Waals surface area contributed by atoms with Crippen LogP contribution in [-0.4, -0.2) is 43.5 Å². The van der Waals surface area contributed by atoms with Gasteiger partial charge in [0.15, 0.2) is 5.13 Å². The van der Waals surface area contributed by atoms with Crippen LogP contribution >= 0.6 is 11.3 Å². The number of hydrogen-bond donors (Lipinski definition) is 2. The molecule has 2 rings (SSSR count). The van der Waals surface area contributed by atoms with Crippen molar-refractivity contribution in [1.29, 1.82) is 5.26 Å². The Labute approximate surface area is 169 Å². The normalized spacial score (nSPS) is 11.6. The second kappa shape index (κ2) is 9.85. The molecule has 2 N–H and O–H groups in total. The van der Waals surface area contributed by atoms with Gasteiger partial charge in [0.2, 0.25) is 5.91 Å². The maximum atomic E-state index is 12.7. The zero-order valence-electron chi connectivity index (χ0n) is 16.5. The number of hydrogen-bond acceptors (Lipinski definition) is 6. The van der Waals surface area contributed by atoms with Crippen molar-refractivity contribution < 1.29 is 9.59 Å². The second-order valence-corrected chi connectivity index (χ2v) is 8.02. The molecule has 2 amide bonds. The number of amides is 2. The number of anilines is 1. The van der Waals surface area contributed by atoms with Crippen LogP contribution in [0.1, 0.15) is 30.6 Å². The molecule has 1 aromatic heterocycles. The van der Waals surface area contributed by atoms with Gasteiger partial charge in [-0.3, -0.25) is 9.59 Å². The second-order valence-electron chi connectivity index (χ2n) is 7.01. The monoisotopic (exact) mass is 399 g/mol. The van der Waals surface area contributed by atoms with Gasteiger partial charge in [0, 0.05) is 25.9 Å². The minimum absolute atomic E-state index is 0.0850. The summed E-state index contributed by atoms with van der Waals surface area (Å²) in [7, 11) is 3.86. The standard InChI is InChI=1S/C20H25N5O2S/c1-13(2)10-16(19(27)22-9-8-21)24-18(26)15-7-5-6-14(11-15)17-12-23-20(28-17)25(3)4/h5-7,11-13,16H,9-10H2,1-4H3,(H,22,27)(H,24,26)/t16-/m0/s1. The number of nitrogens with zero attached hydrogens (tertiary/aromatic N) is 3. The number of aromatic nitrogens is 1. The summed E-state index contributed by atoms with van der Waals surface area (Å²) in [6.45, 7) is 3.87. The average Bonchev–Trinajstić information content (AvgIpc) is 3.16. The third-order valence-electron chi connectivity index (χ3n) is 3.96. The molecule has 7 nitrogen and oxygen atoms in total. The highest BCUT2D eigenvalue weighted by Gasteiger charge is 2.22. The Morgan fingerprint density at radius 3 is 2.68 bits per heavy atom. The first-order valence-corrected chi connectivity index (χ1v) is 9.82. The Morgan fingerprint density at radius 1 is 1.32 bits per heavy atom. The van der Waals surface area contributed by atoms with Gasteiger partial charge in [-0.05, 0) is 30.0 Å². The van der Waals surface area contributed by atoms with Gasteiger partial charge in [-0.15, -0.1) is 0 Å². The van der Waals surface area contributed by atoms with Crippen molar-refractivity contribution in [3.05, 3.63) is 36.0 Å². The number of rotatable bonds is 8. The van der Waals surface area contributed by atoms with Crippen molar-refractivity contribution in [3.8, 4) is 16.5 Å². The highest BCUT2D eigenvalue weighted by molar-refractivity contribution is 7.18. The van der Waals surface area contributed by atoms with E-state index in [9.17, 15) is 9.59 Å². The molecule has 8 heteroatoms. The lowest BCUT2D eigenvalue weighted by Gasteiger charge is -2.19. The van der Waals surface area contributed by atoms with Crippen molar-refractivity contribution in [1.82, 2.24) is 15.6 Å². The number of carbonyl (C=O) groups is 2. The maximum absolute atomic E-state index is 12.7. The number of nitrogens with one attached hydrogen (secondary N) is 2. The topological polar surface area (TPSA) is 98.1 Å². The van der Waals surface area contributed by atoms with Gasteiger partial charge in [0.1, 0.15) is 12.6 Å². The Kier molecular flexibility index (Phi) is 7.52. The van der Waals surface area contributed by atoms with E-state index in [0.29, 0.717) is 12.0 Å². The summed E-state index contributed by atoms with van der Waals surface area (Å²) >= 11 is 1.54. The molecule has 0 aliphatic rings. The van der Waals surface area contributed by atoms with E-state index in [-0.39, 0.29) is 24.3 Å². The molecule has 0 radical (unpaired) electrons. The predicted octanol–water partition coefficient (Wildman–Crippen LogP) is 2.66. The van der Waals surface area contributed by atoms with E-state index in [1.54, 1.807) is 18.3 Å². The van der Waals surface area contributed by atoms with Crippen molar-refractivity contribution in [2.45, 2.75) is 26.3 Å². The molecule has 1 atom stereocenters. The van der Waals surface area contributed by atoms with E-state index in [4.69, 9.17) is 5.26 Å². The van der Waals surface area contributed by atoms with Crippen molar-refractivity contribution in [2.24, 2.45) is 5.92 Å². The van der Waals surface area contributed by atoms with E-state index in [0.717, 1.165) is 15.6 Å². The lowest BCUT2D eigenvalue weighted by Crippen LogP contribution is -2.47. The molecule has 2 aromatic rings. The Hall–Kier alpha value is -2.92. The first-order valence-electron chi connectivity index (χ1n) is 9.01. The molecule has 0 saturated carbocycles. The Balaban J connectivity index is 2.17. The van der Waals surface area contributed by atoms with Crippen molar-refractivity contribution >= 4 is 28.3 Å². The molecule has 0 fully saturated rings. The lowest BCUT2D eigenvalue weighted by atomic mass is 10.0. The third-order valence-corrected chi connectivity index (χ3v) is 5.17. The number of thiazole rings is 1. The van der Waals surface area contributed by atoms with E-state index >= 15 is 0 Å². The fourth-order valence-electron chi connectivity index (χ4n) is 2.61. The van der Waals surface area contributed by atoms with Crippen LogP contribution in [0.3, 0.4) is 0 Å². The van der Waals surface area contributed by atoms with Gasteiger partial charge in [-0.25, -0.2) is 4.98 Å². The number of carbonyl (C=O) groups excluding carboxylic acids is 2. The van der Waals surface area contributed by atoms with Crippen LogP contribution in [-0.2, 0) is 4.79 Å². The summed E-state index contributed by atoms with van der Waals surface area (Å²) in [5.41, 5.74) is 1.37. The van der Waals surface area contributed by atoms with Crippen LogP contribution in [0.5, 0.6) is 0 Å². The minimum Gasteiger partial charge on any atom is -0.354 e. The summed E-state index contributed by atoms with van der Waals surface area (Å²) in [5, 5.41) is 14.9. The predicted molar refractivity (Wildman–Crippen MR) is 111 cm³/mol. The van der Waals surface area contributed by atoms with Gasteiger partial charge in [0.05, 0.1) is 10.9 Å². The molecule has 28 heavy (non-hydrogen) atoms. The van der Waals surface area contributed by atoms with Gasteiger partial charge in [0.25, 0.3) is 5.91 Å². The molecule has 0 saturated heterocycles. The fraction of sp³-hybridized carbons (Fsp3) is 0.400. The first kappa shape index (κ1) is 21.4.